The molecule has 0 aliphatic carbocycles. The second-order valence-corrected chi connectivity index (χ2v) is 7.52. The first-order valence-electron chi connectivity index (χ1n) is 9.32. The first-order valence-corrected chi connectivity index (χ1v) is 9.32. The SMILES string of the molecule is c1cncc(O[C@@H]2CO[C@]3(CCCN(CC4CCOCC4)C3)C2)c1. The quantitative estimate of drug-likeness (QED) is 0.848. The van der Waals surface area contributed by atoms with Gasteiger partial charge in [0.05, 0.1) is 18.4 Å². The standard InChI is InChI=1S/C19H28N2O3/c1-3-17(12-20-7-1)24-18-11-19(23-14-18)6-2-8-21(15-19)13-16-4-9-22-10-5-16/h1,3,7,12,16,18H,2,4-6,8-11,13-15H2/t18-,19+/m0/s1. The average molecular weight is 332 g/mol. The van der Waals surface area contributed by atoms with Crippen LogP contribution in [0.5, 0.6) is 5.75 Å². The highest BCUT2D eigenvalue weighted by atomic mass is 16.6. The van der Waals surface area contributed by atoms with Crippen LogP contribution >= 0.6 is 0 Å². The number of nitrogens with zero attached hydrogens (tertiary/aromatic N) is 2. The normalized spacial score (nSPS) is 32.2. The molecule has 3 fully saturated rings. The van der Waals surface area contributed by atoms with Crippen LogP contribution < -0.4 is 4.74 Å². The zero-order valence-electron chi connectivity index (χ0n) is 14.4. The third-order valence-electron chi connectivity index (χ3n) is 5.59. The first kappa shape index (κ1) is 16.3. The molecule has 0 saturated carbocycles. The van der Waals surface area contributed by atoms with Crippen molar-refractivity contribution in [2.75, 3.05) is 39.5 Å². The number of rotatable bonds is 4. The van der Waals surface area contributed by atoms with Crippen LogP contribution in [0.15, 0.2) is 24.5 Å². The highest BCUT2D eigenvalue weighted by molar-refractivity contribution is 5.16. The molecule has 3 aliphatic rings. The molecule has 5 heteroatoms. The Morgan fingerprint density at radius 3 is 3.08 bits per heavy atom. The van der Waals surface area contributed by atoms with Crippen LogP contribution in [0.25, 0.3) is 0 Å². The predicted molar refractivity (Wildman–Crippen MR) is 91.2 cm³/mol. The number of pyridine rings is 1. The Hall–Kier alpha value is -1.17. The summed E-state index contributed by atoms with van der Waals surface area (Å²) in [6, 6.07) is 3.88. The van der Waals surface area contributed by atoms with Gasteiger partial charge in [0.1, 0.15) is 11.9 Å². The van der Waals surface area contributed by atoms with Gasteiger partial charge in [-0.15, -0.1) is 0 Å². The van der Waals surface area contributed by atoms with Crippen molar-refractivity contribution in [1.29, 1.82) is 0 Å². The van der Waals surface area contributed by atoms with E-state index in [-0.39, 0.29) is 11.7 Å². The maximum Gasteiger partial charge on any atom is 0.138 e. The number of aromatic nitrogens is 1. The fourth-order valence-corrected chi connectivity index (χ4v) is 4.41. The molecule has 0 amide bonds. The summed E-state index contributed by atoms with van der Waals surface area (Å²) in [7, 11) is 0. The molecular weight excluding hydrogens is 304 g/mol. The van der Waals surface area contributed by atoms with Crippen LogP contribution in [0.1, 0.15) is 32.1 Å². The summed E-state index contributed by atoms with van der Waals surface area (Å²) in [5.74, 6) is 1.63. The van der Waals surface area contributed by atoms with Crippen molar-refractivity contribution in [2.24, 2.45) is 5.92 Å². The molecule has 1 aromatic rings. The molecule has 1 spiro atoms. The van der Waals surface area contributed by atoms with Crippen molar-refractivity contribution in [3.63, 3.8) is 0 Å². The van der Waals surface area contributed by atoms with Gasteiger partial charge in [-0.25, -0.2) is 0 Å². The van der Waals surface area contributed by atoms with Crippen LogP contribution in [0, 0.1) is 5.92 Å². The minimum absolute atomic E-state index is 0.00368. The van der Waals surface area contributed by atoms with E-state index in [2.05, 4.69) is 9.88 Å². The second kappa shape index (κ2) is 7.38. The summed E-state index contributed by atoms with van der Waals surface area (Å²) in [4.78, 5) is 6.74. The minimum atomic E-state index is -0.00368. The fourth-order valence-electron chi connectivity index (χ4n) is 4.41. The molecule has 5 nitrogen and oxygen atoms in total. The van der Waals surface area contributed by atoms with Crippen molar-refractivity contribution in [3.8, 4) is 5.75 Å². The Kier molecular flexibility index (Phi) is 5.01. The van der Waals surface area contributed by atoms with E-state index in [0.29, 0.717) is 6.61 Å². The van der Waals surface area contributed by atoms with E-state index in [1.807, 2.05) is 12.1 Å². The van der Waals surface area contributed by atoms with E-state index < -0.39 is 0 Å². The topological polar surface area (TPSA) is 43.8 Å². The Morgan fingerprint density at radius 1 is 1.33 bits per heavy atom. The van der Waals surface area contributed by atoms with Crippen molar-refractivity contribution in [1.82, 2.24) is 9.88 Å². The van der Waals surface area contributed by atoms with Crippen LogP contribution in [-0.4, -0.2) is 61.0 Å². The largest absolute Gasteiger partial charge is 0.486 e. The monoisotopic (exact) mass is 332 g/mol. The second-order valence-electron chi connectivity index (χ2n) is 7.52. The summed E-state index contributed by atoms with van der Waals surface area (Å²) >= 11 is 0. The van der Waals surface area contributed by atoms with Gasteiger partial charge in [0.25, 0.3) is 0 Å². The molecule has 0 bridgehead atoms. The maximum atomic E-state index is 6.27. The van der Waals surface area contributed by atoms with E-state index >= 15 is 0 Å². The zero-order valence-corrected chi connectivity index (χ0v) is 14.4. The van der Waals surface area contributed by atoms with Crippen LogP contribution in [0.4, 0.5) is 0 Å². The Bertz CT molecular complexity index is 521. The summed E-state index contributed by atoms with van der Waals surface area (Å²) in [6.45, 7) is 6.01. The summed E-state index contributed by atoms with van der Waals surface area (Å²) in [5, 5.41) is 0. The van der Waals surface area contributed by atoms with E-state index in [0.717, 1.165) is 44.3 Å². The van der Waals surface area contributed by atoms with Gasteiger partial charge in [0, 0.05) is 38.9 Å². The van der Waals surface area contributed by atoms with Gasteiger partial charge in [-0.05, 0) is 50.3 Å². The van der Waals surface area contributed by atoms with E-state index in [4.69, 9.17) is 14.2 Å². The van der Waals surface area contributed by atoms with Crippen LogP contribution in [-0.2, 0) is 9.47 Å². The Labute approximate surface area is 144 Å². The molecule has 1 aromatic heterocycles. The van der Waals surface area contributed by atoms with Crippen molar-refractivity contribution in [3.05, 3.63) is 24.5 Å². The average Bonchev–Trinajstić information content (AvgIpc) is 2.98. The summed E-state index contributed by atoms with van der Waals surface area (Å²) < 4.78 is 17.8. The van der Waals surface area contributed by atoms with Gasteiger partial charge in [-0.1, -0.05) is 0 Å². The molecular formula is C19H28N2O3. The highest BCUT2D eigenvalue weighted by Gasteiger charge is 2.44. The smallest absolute Gasteiger partial charge is 0.138 e. The number of likely N-dealkylation sites (tertiary alicyclic amines) is 1. The number of hydrogen-bond acceptors (Lipinski definition) is 5. The third kappa shape index (κ3) is 3.90. The lowest BCUT2D eigenvalue weighted by Gasteiger charge is -2.41. The van der Waals surface area contributed by atoms with Gasteiger partial charge in [0.15, 0.2) is 0 Å². The van der Waals surface area contributed by atoms with Crippen molar-refractivity contribution in [2.45, 2.75) is 43.8 Å². The molecule has 0 unspecified atom stereocenters. The molecule has 132 valence electrons. The van der Waals surface area contributed by atoms with Gasteiger partial charge < -0.3 is 19.1 Å². The lowest BCUT2D eigenvalue weighted by Crippen LogP contribution is -2.49. The number of hydrogen-bond donors (Lipinski definition) is 0. The fraction of sp³-hybridized carbons (Fsp3) is 0.737. The molecule has 3 saturated heterocycles. The van der Waals surface area contributed by atoms with E-state index in [1.54, 1.807) is 12.4 Å². The predicted octanol–water partition coefficient (Wildman–Crippen LogP) is 2.51. The first-order chi connectivity index (χ1) is 11.8. The maximum absolute atomic E-state index is 6.27. The molecule has 0 radical (unpaired) electrons. The minimum Gasteiger partial charge on any atom is -0.486 e. The van der Waals surface area contributed by atoms with Crippen molar-refractivity contribution >= 4 is 0 Å². The molecule has 4 heterocycles. The lowest BCUT2D eigenvalue weighted by atomic mass is 9.88. The van der Waals surface area contributed by atoms with Crippen molar-refractivity contribution < 1.29 is 14.2 Å². The number of ether oxygens (including phenoxy) is 3. The zero-order chi connectivity index (χ0) is 16.2. The summed E-state index contributed by atoms with van der Waals surface area (Å²) in [5.41, 5.74) is -0.00368. The summed E-state index contributed by atoms with van der Waals surface area (Å²) in [6.07, 6.45) is 9.49. The highest BCUT2D eigenvalue weighted by Crippen LogP contribution is 2.36. The molecule has 0 N–H and O–H groups in total. The van der Waals surface area contributed by atoms with Crippen LogP contribution in [0.2, 0.25) is 0 Å². The van der Waals surface area contributed by atoms with Gasteiger partial charge in [0.2, 0.25) is 0 Å². The van der Waals surface area contributed by atoms with Gasteiger partial charge in [-0.2, -0.15) is 0 Å². The Morgan fingerprint density at radius 2 is 2.25 bits per heavy atom. The number of piperidine rings is 1. The lowest BCUT2D eigenvalue weighted by molar-refractivity contribution is -0.0584. The Balaban J connectivity index is 1.31. The van der Waals surface area contributed by atoms with Crippen LogP contribution in [0.3, 0.4) is 0 Å². The molecule has 24 heavy (non-hydrogen) atoms. The third-order valence-corrected chi connectivity index (χ3v) is 5.59. The van der Waals surface area contributed by atoms with E-state index in [9.17, 15) is 0 Å². The van der Waals surface area contributed by atoms with Gasteiger partial charge >= 0.3 is 0 Å². The molecule has 2 atom stereocenters. The molecule has 0 aromatic carbocycles. The van der Waals surface area contributed by atoms with E-state index in [1.165, 1.54) is 32.4 Å². The van der Waals surface area contributed by atoms with Gasteiger partial charge in [-0.3, -0.25) is 4.98 Å². The molecule has 4 rings (SSSR count). The molecule has 3 aliphatic heterocycles.